The van der Waals surface area contributed by atoms with Crippen molar-refractivity contribution in [2.75, 3.05) is 4.90 Å². The first-order valence-electron chi connectivity index (χ1n) is 8.30. The zero-order valence-electron chi connectivity index (χ0n) is 13.2. The highest BCUT2D eigenvalue weighted by atomic mass is 15.2. The van der Waals surface area contributed by atoms with Gasteiger partial charge in [-0.15, -0.1) is 0 Å². The zero-order valence-corrected chi connectivity index (χ0v) is 13.2. The van der Waals surface area contributed by atoms with E-state index in [2.05, 4.69) is 49.2 Å². The zero-order chi connectivity index (χ0) is 14.1. The standard InChI is InChI=1S/C18H28N2/c1-4-17-9-6-14(3)20(17)18-10-5-13(2)11-15(18)12-19-16-7-8-16/h5,10-11,14,16-17,19H,4,6-9,12H2,1-3H3. The van der Waals surface area contributed by atoms with E-state index in [1.807, 2.05) is 0 Å². The van der Waals surface area contributed by atoms with Crippen LogP contribution in [0.5, 0.6) is 0 Å². The van der Waals surface area contributed by atoms with Crippen molar-refractivity contribution in [3.05, 3.63) is 29.3 Å². The summed E-state index contributed by atoms with van der Waals surface area (Å²) in [7, 11) is 0. The molecule has 0 radical (unpaired) electrons. The van der Waals surface area contributed by atoms with Gasteiger partial charge in [0.2, 0.25) is 0 Å². The van der Waals surface area contributed by atoms with E-state index >= 15 is 0 Å². The Hall–Kier alpha value is -1.02. The van der Waals surface area contributed by atoms with Gasteiger partial charge in [-0.2, -0.15) is 0 Å². The Morgan fingerprint density at radius 3 is 2.70 bits per heavy atom. The highest BCUT2D eigenvalue weighted by molar-refractivity contribution is 5.57. The quantitative estimate of drug-likeness (QED) is 0.871. The van der Waals surface area contributed by atoms with Crippen LogP contribution in [0.2, 0.25) is 0 Å². The van der Waals surface area contributed by atoms with Crippen molar-refractivity contribution in [2.45, 2.75) is 77.5 Å². The lowest BCUT2D eigenvalue weighted by Gasteiger charge is -2.32. The van der Waals surface area contributed by atoms with Crippen molar-refractivity contribution in [2.24, 2.45) is 0 Å². The van der Waals surface area contributed by atoms with E-state index in [4.69, 9.17) is 0 Å². The molecule has 2 atom stereocenters. The number of aryl methyl sites for hydroxylation is 1. The fraction of sp³-hybridized carbons (Fsp3) is 0.667. The van der Waals surface area contributed by atoms with E-state index in [0.717, 1.165) is 18.6 Å². The molecule has 1 heterocycles. The summed E-state index contributed by atoms with van der Waals surface area (Å²) in [5.41, 5.74) is 4.34. The SMILES string of the molecule is CCC1CCC(C)N1c1ccc(C)cc1CNC1CC1. The van der Waals surface area contributed by atoms with Gasteiger partial charge in [0.25, 0.3) is 0 Å². The summed E-state index contributed by atoms with van der Waals surface area (Å²) in [6, 6.07) is 9.19. The third-order valence-electron chi connectivity index (χ3n) is 4.93. The Balaban J connectivity index is 1.86. The third-order valence-corrected chi connectivity index (χ3v) is 4.93. The van der Waals surface area contributed by atoms with Crippen LogP contribution in [0.15, 0.2) is 18.2 Å². The molecule has 1 aromatic rings. The predicted octanol–water partition coefficient (Wildman–Crippen LogP) is 4.01. The van der Waals surface area contributed by atoms with Crippen molar-refractivity contribution < 1.29 is 0 Å². The van der Waals surface area contributed by atoms with Crippen LogP contribution in [0.4, 0.5) is 5.69 Å². The maximum Gasteiger partial charge on any atom is 0.0416 e. The van der Waals surface area contributed by atoms with Crippen LogP contribution in [0.1, 0.15) is 57.1 Å². The highest BCUT2D eigenvalue weighted by Gasteiger charge is 2.31. The maximum atomic E-state index is 3.68. The molecule has 1 saturated heterocycles. The first-order chi connectivity index (χ1) is 9.69. The van der Waals surface area contributed by atoms with Gasteiger partial charge >= 0.3 is 0 Å². The molecule has 2 aliphatic rings. The second-order valence-electron chi connectivity index (χ2n) is 6.68. The van der Waals surface area contributed by atoms with Gasteiger partial charge in [0.05, 0.1) is 0 Å². The van der Waals surface area contributed by atoms with Crippen LogP contribution in [0.3, 0.4) is 0 Å². The molecule has 2 nitrogen and oxygen atoms in total. The number of nitrogens with one attached hydrogen (secondary N) is 1. The molecular formula is C18H28N2. The Bertz CT molecular complexity index is 464. The molecule has 1 aromatic carbocycles. The van der Waals surface area contributed by atoms with Crippen molar-refractivity contribution in [3.8, 4) is 0 Å². The molecule has 0 amide bonds. The van der Waals surface area contributed by atoms with E-state index in [-0.39, 0.29) is 0 Å². The molecule has 2 unspecified atom stereocenters. The molecule has 2 heteroatoms. The summed E-state index contributed by atoms with van der Waals surface area (Å²) < 4.78 is 0. The average Bonchev–Trinajstić information content (AvgIpc) is 3.20. The van der Waals surface area contributed by atoms with E-state index in [1.54, 1.807) is 0 Å². The van der Waals surface area contributed by atoms with Crippen LogP contribution in [0.25, 0.3) is 0 Å². The normalized spacial score (nSPS) is 26.2. The molecule has 0 spiro atoms. The summed E-state index contributed by atoms with van der Waals surface area (Å²) in [6.45, 7) is 7.94. The van der Waals surface area contributed by atoms with Gasteiger partial charge in [0.1, 0.15) is 0 Å². The van der Waals surface area contributed by atoms with Gasteiger partial charge in [-0.3, -0.25) is 0 Å². The molecule has 1 N–H and O–H groups in total. The van der Waals surface area contributed by atoms with Gasteiger partial charge in [0, 0.05) is 30.4 Å². The molecule has 110 valence electrons. The number of hydrogen-bond donors (Lipinski definition) is 1. The lowest BCUT2D eigenvalue weighted by molar-refractivity contribution is 0.619. The monoisotopic (exact) mass is 272 g/mol. The van der Waals surface area contributed by atoms with E-state index in [0.29, 0.717) is 6.04 Å². The highest BCUT2D eigenvalue weighted by Crippen LogP contribution is 2.35. The fourth-order valence-electron chi connectivity index (χ4n) is 3.56. The Morgan fingerprint density at radius 1 is 1.20 bits per heavy atom. The topological polar surface area (TPSA) is 15.3 Å². The number of anilines is 1. The van der Waals surface area contributed by atoms with Crippen molar-refractivity contribution in [1.29, 1.82) is 0 Å². The molecule has 2 fully saturated rings. The van der Waals surface area contributed by atoms with Crippen LogP contribution in [0, 0.1) is 6.92 Å². The first kappa shape index (κ1) is 13.9. The van der Waals surface area contributed by atoms with Gasteiger partial charge < -0.3 is 10.2 Å². The molecule has 1 saturated carbocycles. The summed E-state index contributed by atoms with van der Waals surface area (Å²) in [6.07, 6.45) is 6.66. The average molecular weight is 272 g/mol. The van der Waals surface area contributed by atoms with Crippen LogP contribution >= 0.6 is 0 Å². The maximum absolute atomic E-state index is 3.68. The van der Waals surface area contributed by atoms with Crippen molar-refractivity contribution >= 4 is 5.69 Å². The van der Waals surface area contributed by atoms with Gasteiger partial charge in [-0.1, -0.05) is 24.6 Å². The summed E-state index contributed by atoms with van der Waals surface area (Å²) in [5.74, 6) is 0. The van der Waals surface area contributed by atoms with E-state index in [9.17, 15) is 0 Å². The van der Waals surface area contributed by atoms with Crippen molar-refractivity contribution in [1.82, 2.24) is 5.32 Å². The van der Waals surface area contributed by atoms with Crippen molar-refractivity contribution in [3.63, 3.8) is 0 Å². The van der Waals surface area contributed by atoms with E-state index in [1.165, 1.54) is 48.9 Å². The Labute approximate surface area is 123 Å². The summed E-state index contributed by atoms with van der Waals surface area (Å²) >= 11 is 0. The second-order valence-corrected chi connectivity index (χ2v) is 6.68. The van der Waals surface area contributed by atoms with Gasteiger partial charge in [0.15, 0.2) is 0 Å². The Kier molecular flexibility index (Phi) is 4.02. The Morgan fingerprint density at radius 2 is 2.00 bits per heavy atom. The number of hydrogen-bond acceptors (Lipinski definition) is 2. The lowest BCUT2D eigenvalue weighted by atomic mass is 10.1. The molecule has 0 bridgehead atoms. The van der Waals surface area contributed by atoms with Crippen LogP contribution in [-0.2, 0) is 6.54 Å². The number of nitrogens with zero attached hydrogens (tertiary/aromatic N) is 1. The summed E-state index contributed by atoms with van der Waals surface area (Å²) in [5, 5.41) is 3.68. The third kappa shape index (κ3) is 2.85. The second kappa shape index (κ2) is 5.77. The largest absolute Gasteiger partial charge is 0.366 e. The molecule has 0 aromatic heterocycles. The minimum Gasteiger partial charge on any atom is -0.366 e. The minimum absolute atomic E-state index is 0.683. The molecule has 1 aliphatic heterocycles. The van der Waals surface area contributed by atoms with Gasteiger partial charge in [-0.25, -0.2) is 0 Å². The van der Waals surface area contributed by atoms with E-state index < -0.39 is 0 Å². The first-order valence-corrected chi connectivity index (χ1v) is 8.30. The summed E-state index contributed by atoms with van der Waals surface area (Å²) in [4.78, 5) is 2.68. The number of rotatable bonds is 5. The molecule has 1 aliphatic carbocycles. The molecular weight excluding hydrogens is 244 g/mol. The smallest absolute Gasteiger partial charge is 0.0416 e. The number of benzene rings is 1. The molecule has 20 heavy (non-hydrogen) atoms. The molecule has 3 rings (SSSR count). The fourth-order valence-corrected chi connectivity index (χ4v) is 3.56. The minimum atomic E-state index is 0.683. The predicted molar refractivity (Wildman–Crippen MR) is 86.3 cm³/mol. The lowest BCUT2D eigenvalue weighted by Crippen LogP contribution is -2.35. The van der Waals surface area contributed by atoms with Crippen LogP contribution in [-0.4, -0.2) is 18.1 Å². The van der Waals surface area contributed by atoms with Gasteiger partial charge in [-0.05, 0) is 57.6 Å². The van der Waals surface area contributed by atoms with Crippen LogP contribution < -0.4 is 10.2 Å².